The summed E-state index contributed by atoms with van der Waals surface area (Å²) >= 11 is 0. The van der Waals surface area contributed by atoms with Gasteiger partial charge in [0.05, 0.1) is 0 Å². The first kappa shape index (κ1) is 10.1. The number of rotatable bonds is 3. The first-order valence-electron chi connectivity index (χ1n) is 4.31. The summed E-state index contributed by atoms with van der Waals surface area (Å²) in [5, 5.41) is 0. The molecule has 13 heavy (non-hydrogen) atoms. The van der Waals surface area contributed by atoms with Crippen LogP contribution < -0.4 is 10.4 Å². The van der Waals surface area contributed by atoms with Crippen LogP contribution in [0, 0.1) is 0 Å². The van der Waals surface area contributed by atoms with Gasteiger partial charge in [-0.25, -0.2) is 4.98 Å². The van der Waals surface area contributed by atoms with Gasteiger partial charge in [0, 0.05) is 27.4 Å². The summed E-state index contributed by atoms with van der Waals surface area (Å²) in [6.45, 7) is 2.12. The van der Waals surface area contributed by atoms with Crippen molar-refractivity contribution in [3.05, 3.63) is 18.3 Å². The van der Waals surface area contributed by atoms with Crippen molar-refractivity contribution in [2.24, 2.45) is 0 Å². The number of aromatic nitrogens is 1. The fourth-order valence-corrected chi connectivity index (χ4v) is 1.04. The summed E-state index contributed by atoms with van der Waals surface area (Å²) in [7, 11) is 5.65. The van der Waals surface area contributed by atoms with Crippen LogP contribution >= 0.6 is 0 Å². The second kappa shape index (κ2) is 4.28. The highest BCUT2D eigenvalue weighted by Crippen LogP contribution is 2.02. The molecule has 1 heterocycles. The van der Waals surface area contributed by atoms with E-state index in [4.69, 9.17) is 4.65 Å². The molecule has 1 aromatic rings. The number of anilines is 1. The molecule has 0 saturated heterocycles. The van der Waals surface area contributed by atoms with Crippen molar-refractivity contribution in [2.75, 3.05) is 26.1 Å². The SMILES string of the molecule is COB(C)c1ccc(N(C)C)nc1. The molecule has 3 nitrogen and oxygen atoms in total. The lowest BCUT2D eigenvalue weighted by atomic mass is 9.64. The lowest BCUT2D eigenvalue weighted by Crippen LogP contribution is -2.29. The van der Waals surface area contributed by atoms with Gasteiger partial charge in [-0.2, -0.15) is 0 Å². The van der Waals surface area contributed by atoms with Gasteiger partial charge in [-0.1, -0.05) is 12.9 Å². The summed E-state index contributed by atoms with van der Waals surface area (Å²) in [5.74, 6) is 0.965. The van der Waals surface area contributed by atoms with E-state index in [-0.39, 0.29) is 6.92 Å². The van der Waals surface area contributed by atoms with Crippen LogP contribution in [0.5, 0.6) is 0 Å². The van der Waals surface area contributed by atoms with E-state index in [1.165, 1.54) is 0 Å². The summed E-state index contributed by atoms with van der Waals surface area (Å²) in [5.41, 5.74) is 1.10. The third-order valence-corrected chi connectivity index (χ3v) is 2.05. The normalized spacial score (nSPS) is 9.85. The molecule has 0 aliphatic carbocycles. The Kier molecular flexibility index (Phi) is 3.31. The Morgan fingerprint density at radius 1 is 1.38 bits per heavy atom. The zero-order valence-electron chi connectivity index (χ0n) is 8.61. The zero-order valence-corrected chi connectivity index (χ0v) is 8.61. The van der Waals surface area contributed by atoms with Crippen LogP contribution in [-0.4, -0.2) is 33.1 Å². The molecular weight excluding hydrogens is 163 g/mol. The Labute approximate surface area is 79.8 Å². The van der Waals surface area contributed by atoms with Crippen molar-refractivity contribution in [2.45, 2.75) is 6.82 Å². The van der Waals surface area contributed by atoms with E-state index >= 15 is 0 Å². The van der Waals surface area contributed by atoms with Crippen molar-refractivity contribution >= 4 is 18.2 Å². The molecule has 0 radical (unpaired) electrons. The van der Waals surface area contributed by atoms with Gasteiger partial charge in [-0.05, 0) is 11.5 Å². The maximum Gasteiger partial charge on any atom is 0.324 e. The van der Waals surface area contributed by atoms with E-state index in [2.05, 4.69) is 4.98 Å². The maximum atomic E-state index is 5.18. The molecule has 4 heteroatoms. The molecule has 0 N–H and O–H groups in total. The highest BCUT2D eigenvalue weighted by atomic mass is 16.4. The van der Waals surface area contributed by atoms with Crippen molar-refractivity contribution < 1.29 is 4.65 Å². The van der Waals surface area contributed by atoms with Crippen LogP contribution in [0.2, 0.25) is 6.82 Å². The first-order valence-corrected chi connectivity index (χ1v) is 4.31. The quantitative estimate of drug-likeness (QED) is 0.634. The molecule has 0 amide bonds. The molecule has 0 saturated carbocycles. The second-order valence-corrected chi connectivity index (χ2v) is 3.22. The average molecular weight is 178 g/mol. The fraction of sp³-hybridized carbons (Fsp3) is 0.444. The van der Waals surface area contributed by atoms with Crippen LogP contribution in [0.4, 0.5) is 5.82 Å². The van der Waals surface area contributed by atoms with Gasteiger partial charge in [-0.3, -0.25) is 0 Å². The summed E-state index contributed by atoms with van der Waals surface area (Å²) in [6.07, 6.45) is 1.85. The molecule has 0 atom stereocenters. The first-order chi connectivity index (χ1) is 6.15. The number of hydrogen-bond donors (Lipinski definition) is 0. The van der Waals surface area contributed by atoms with Crippen LogP contribution in [0.1, 0.15) is 0 Å². The van der Waals surface area contributed by atoms with Gasteiger partial charge >= 0.3 is 6.92 Å². The molecule has 0 aliphatic heterocycles. The van der Waals surface area contributed by atoms with Crippen LogP contribution in [0.3, 0.4) is 0 Å². The lowest BCUT2D eigenvalue weighted by molar-refractivity contribution is 0.434. The van der Waals surface area contributed by atoms with E-state index in [1.807, 2.05) is 44.1 Å². The zero-order chi connectivity index (χ0) is 9.84. The average Bonchev–Trinajstić information content (AvgIpc) is 2.17. The van der Waals surface area contributed by atoms with Crippen molar-refractivity contribution in [3.63, 3.8) is 0 Å². The Morgan fingerprint density at radius 3 is 2.46 bits per heavy atom. The van der Waals surface area contributed by atoms with Crippen molar-refractivity contribution in [1.82, 2.24) is 4.98 Å². The van der Waals surface area contributed by atoms with Crippen LogP contribution in [-0.2, 0) is 4.65 Å². The molecule has 0 spiro atoms. The minimum atomic E-state index is 0.115. The van der Waals surface area contributed by atoms with Crippen molar-refractivity contribution in [3.8, 4) is 0 Å². The highest BCUT2D eigenvalue weighted by Gasteiger charge is 2.09. The molecule has 0 unspecified atom stereocenters. The summed E-state index contributed by atoms with van der Waals surface area (Å²) in [4.78, 5) is 6.27. The fourth-order valence-electron chi connectivity index (χ4n) is 1.04. The van der Waals surface area contributed by atoms with Gasteiger partial charge in [0.25, 0.3) is 0 Å². The highest BCUT2D eigenvalue weighted by molar-refractivity contribution is 6.65. The monoisotopic (exact) mass is 178 g/mol. The van der Waals surface area contributed by atoms with Gasteiger partial charge in [0.15, 0.2) is 0 Å². The summed E-state index contributed by atoms with van der Waals surface area (Å²) in [6, 6.07) is 4.03. The van der Waals surface area contributed by atoms with Gasteiger partial charge in [0.2, 0.25) is 0 Å². The number of pyridine rings is 1. The number of nitrogens with zero attached hydrogens (tertiary/aromatic N) is 2. The predicted octanol–water partition coefficient (Wildman–Crippen LogP) is 0.622. The van der Waals surface area contributed by atoms with E-state index < -0.39 is 0 Å². The van der Waals surface area contributed by atoms with Gasteiger partial charge < -0.3 is 9.55 Å². The number of hydrogen-bond acceptors (Lipinski definition) is 3. The maximum absolute atomic E-state index is 5.18. The predicted molar refractivity (Wildman–Crippen MR) is 56.8 cm³/mol. The Hall–Kier alpha value is -1.03. The van der Waals surface area contributed by atoms with Crippen molar-refractivity contribution in [1.29, 1.82) is 0 Å². The smallest absolute Gasteiger partial charge is 0.324 e. The molecule has 1 rings (SSSR count). The third-order valence-electron chi connectivity index (χ3n) is 2.05. The molecule has 0 bridgehead atoms. The van der Waals surface area contributed by atoms with Gasteiger partial charge in [0.1, 0.15) is 5.82 Å². The third kappa shape index (κ3) is 2.46. The molecule has 0 aromatic carbocycles. The van der Waals surface area contributed by atoms with E-state index in [0.29, 0.717) is 0 Å². The Balaban J connectivity index is 2.81. The summed E-state index contributed by atoms with van der Waals surface area (Å²) < 4.78 is 5.18. The minimum absolute atomic E-state index is 0.115. The molecule has 1 aromatic heterocycles. The molecule has 70 valence electrons. The lowest BCUT2D eigenvalue weighted by Gasteiger charge is -2.12. The molecular formula is C9H15BN2O. The van der Waals surface area contributed by atoms with E-state index in [1.54, 1.807) is 7.11 Å². The Bertz CT molecular complexity index is 261. The van der Waals surface area contributed by atoms with Gasteiger partial charge in [-0.15, -0.1) is 0 Å². The standard InChI is InChI=1S/C9H15BN2O/c1-10(13-4)8-5-6-9(11-7-8)12(2)3/h5-7H,1-4H3. The topological polar surface area (TPSA) is 25.4 Å². The molecule has 0 fully saturated rings. The molecule has 0 aliphatic rings. The minimum Gasteiger partial charge on any atom is -0.434 e. The van der Waals surface area contributed by atoms with Crippen LogP contribution in [0.25, 0.3) is 0 Å². The van der Waals surface area contributed by atoms with Crippen LogP contribution in [0.15, 0.2) is 18.3 Å². The second-order valence-electron chi connectivity index (χ2n) is 3.22. The largest absolute Gasteiger partial charge is 0.434 e. The Morgan fingerprint density at radius 2 is 2.08 bits per heavy atom. The van der Waals surface area contributed by atoms with E-state index in [9.17, 15) is 0 Å². The van der Waals surface area contributed by atoms with E-state index in [0.717, 1.165) is 11.3 Å².